The molecule has 0 unspecified atom stereocenters. The van der Waals surface area contributed by atoms with Crippen molar-refractivity contribution in [2.24, 2.45) is 5.92 Å². The molecule has 20 heavy (non-hydrogen) atoms. The van der Waals surface area contributed by atoms with Crippen LogP contribution in [0.5, 0.6) is 0 Å². The summed E-state index contributed by atoms with van der Waals surface area (Å²) < 4.78 is 5.00. The molecule has 1 aliphatic rings. The van der Waals surface area contributed by atoms with Crippen molar-refractivity contribution >= 4 is 17.3 Å². The molecule has 3 N–H and O–H groups in total. The van der Waals surface area contributed by atoms with Gasteiger partial charge in [0, 0.05) is 6.54 Å². The first-order valence-corrected chi connectivity index (χ1v) is 7.52. The van der Waals surface area contributed by atoms with E-state index in [1.807, 2.05) is 12.1 Å². The van der Waals surface area contributed by atoms with Gasteiger partial charge in [-0.3, -0.25) is 0 Å². The number of ether oxygens (including phenoxy) is 1. The Bertz CT molecular complexity index is 454. The number of nitrogens with one attached hydrogen (secondary N) is 1. The molecule has 1 aromatic carbocycles. The third-order valence-corrected chi connectivity index (χ3v) is 3.94. The normalized spacial score (nSPS) is 15.2. The minimum absolute atomic E-state index is 0.357. The minimum atomic E-state index is -0.357. The number of para-hydroxylation sites is 1. The molecule has 0 bridgehead atoms. The van der Waals surface area contributed by atoms with Gasteiger partial charge >= 0.3 is 5.97 Å². The van der Waals surface area contributed by atoms with Crippen LogP contribution in [0.3, 0.4) is 0 Å². The van der Waals surface area contributed by atoms with Gasteiger partial charge in [-0.25, -0.2) is 4.79 Å². The molecular weight excluding hydrogens is 252 g/mol. The standard InChI is InChI=1S/C16H24N2O2/c1-2-20-16(19)13-8-5-9-14(15(13)17)18-11-10-12-6-3-4-7-12/h5,8-9,12,18H,2-4,6-7,10-11,17H2,1H3. The van der Waals surface area contributed by atoms with E-state index in [0.717, 1.165) is 18.2 Å². The van der Waals surface area contributed by atoms with Crippen molar-refractivity contribution in [3.63, 3.8) is 0 Å². The number of carbonyl (C=O) groups excluding carboxylic acids is 1. The number of anilines is 2. The summed E-state index contributed by atoms with van der Waals surface area (Å²) in [4.78, 5) is 11.8. The van der Waals surface area contributed by atoms with Gasteiger partial charge in [-0.2, -0.15) is 0 Å². The summed E-state index contributed by atoms with van der Waals surface area (Å²) in [6.07, 6.45) is 6.60. The van der Waals surface area contributed by atoms with Crippen LogP contribution in [-0.2, 0) is 4.74 Å². The molecule has 0 spiro atoms. The van der Waals surface area contributed by atoms with Gasteiger partial charge in [-0.15, -0.1) is 0 Å². The van der Waals surface area contributed by atoms with Crippen LogP contribution >= 0.6 is 0 Å². The Morgan fingerprint density at radius 3 is 2.85 bits per heavy atom. The minimum Gasteiger partial charge on any atom is -0.462 e. The Balaban J connectivity index is 1.93. The molecule has 0 saturated heterocycles. The van der Waals surface area contributed by atoms with Crippen LogP contribution in [0.2, 0.25) is 0 Å². The monoisotopic (exact) mass is 276 g/mol. The number of carbonyl (C=O) groups is 1. The largest absolute Gasteiger partial charge is 0.462 e. The second kappa shape index (κ2) is 7.17. The number of hydrogen-bond acceptors (Lipinski definition) is 4. The summed E-state index contributed by atoms with van der Waals surface area (Å²) in [5, 5.41) is 3.34. The van der Waals surface area contributed by atoms with Crippen LogP contribution in [0.1, 0.15) is 49.4 Å². The fourth-order valence-electron chi connectivity index (χ4n) is 2.82. The highest BCUT2D eigenvalue weighted by Gasteiger charge is 2.16. The van der Waals surface area contributed by atoms with E-state index in [2.05, 4.69) is 5.32 Å². The zero-order valence-electron chi connectivity index (χ0n) is 12.2. The predicted octanol–water partition coefficient (Wildman–Crippen LogP) is 3.44. The van der Waals surface area contributed by atoms with Crippen LogP contribution in [0.25, 0.3) is 0 Å². The molecule has 4 nitrogen and oxygen atoms in total. The van der Waals surface area contributed by atoms with Gasteiger partial charge in [-0.1, -0.05) is 31.7 Å². The van der Waals surface area contributed by atoms with Crippen molar-refractivity contribution in [2.75, 3.05) is 24.2 Å². The van der Waals surface area contributed by atoms with Crippen LogP contribution in [-0.4, -0.2) is 19.1 Å². The first-order chi connectivity index (χ1) is 9.72. The quantitative estimate of drug-likeness (QED) is 0.617. The van der Waals surface area contributed by atoms with Gasteiger partial charge in [0.15, 0.2) is 0 Å². The molecule has 0 aliphatic heterocycles. The van der Waals surface area contributed by atoms with Crippen LogP contribution in [0.4, 0.5) is 11.4 Å². The molecule has 1 aromatic rings. The van der Waals surface area contributed by atoms with Crippen LogP contribution < -0.4 is 11.1 Å². The molecule has 1 saturated carbocycles. The number of esters is 1. The van der Waals surface area contributed by atoms with E-state index in [1.165, 1.54) is 32.1 Å². The van der Waals surface area contributed by atoms with Gasteiger partial charge in [0.2, 0.25) is 0 Å². The van der Waals surface area contributed by atoms with E-state index < -0.39 is 0 Å². The topological polar surface area (TPSA) is 64.3 Å². The summed E-state index contributed by atoms with van der Waals surface area (Å²) in [5.41, 5.74) is 7.80. The van der Waals surface area contributed by atoms with E-state index >= 15 is 0 Å². The smallest absolute Gasteiger partial charge is 0.340 e. The number of nitrogens with two attached hydrogens (primary N) is 1. The van der Waals surface area contributed by atoms with E-state index in [0.29, 0.717) is 17.9 Å². The zero-order chi connectivity index (χ0) is 14.4. The lowest BCUT2D eigenvalue weighted by atomic mass is 10.0. The predicted molar refractivity (Wildman–Crippen MR) is 81.9 cm³/mol. The SMILES string of the molecule is CCOC(=O)c1cccc(NCCC2CCCC2)c1N. The van der Waals surface area contributed by atoms with Crippen LogP contribution in [0, 0.1) is 5.92 Å². The average molecular weight is 276 g/mol. The van der Waals surface area contributed by atoms with Gasteiger partial charge in [0.05, 0.1) is 23.5 Å². The van der Waals surface area contributed by atoms with Gasteiger partial charge in [0.25, 0.3) is 0 Å². The Kier molecular flexibility index (Phi) is 5.27. The lowest BCUT2D eigenvalue weighted by Crippen LogP contribution is -2.12. The van der Waals surface area contributed by atoms with Gasteiger partial charge in [-0.05, 0) is 31.4 Å². The van der Waals surface area contributed by atoms with Crippen molar-refractivity contribution in [3.8, 4) is 0 Å². The lowest BCUT2D eigenvalue weighted by Gasteiger charge is -2.14. The second-order valence-corrected chi connectivity index (χ2v) is 5.35. The Labute approximate surface area is 120 Å². The molecule has 0 heterocycles. The molecule has 0 aromatic heterocycles. The molecule has 1 fully saturated rings. The maximum Gasteiger partial charge on any atom is 0.340 e. The van der Waals surface area contributed by atoms with Crippen molar-refractivity contribution < 1.29 is 9.53 Å². The third kappa shape index (κ3) is 3.65. The summed E-state index contributed by atoms with van der Waals surface area (Å²) in [6, 6.07) is 5.45. The maximum absolute atomic E-state index is 11.8. The number of benzene rings is 1. The second-order valence-electron chi connectivity index (χ2n) is 5.35. The Morgan fingerprint density at radius 2 is 2.15 bits per heavy atom. The van der Waals surface area contributed by atoms with Crippen molar-refractivity contribution in [3.05, 3.63) is 23.8 Å². The molecule has 1 aliphatic carbocycles. The van der Waals surface area contributed by atoms with E-state index in [-0.39, 0.29) is 5.97 Å². The molecule has 0 radical (unpaired) electrons. The fourth-order valence-corrected chi connectivity index (χ4v) is 2.82. The van der Waals surface area contributed by atoms with E-state index in [1.54, 1.807) is 13.0 Å². The molecule has 0 amide bonds. The summed E-state index contributed by atoms with van der Waals surface area (Å²) >= 11 is 0. The highest BCUT2D eigenvalue weighted by molar-refractivity contribution is 5.98. The third-order valence-electron chi connectivity index (χ3n) is 3.94. The lowest BCUT2D eigenvalue weighted by molar-refractivity contribution is 0.0527. The molecule has 110 valence electrons. The van der Waals surface area contributed by atoms with Crippen molar-refractivity contribution in [1.82, 2.24) is 0 Å². The van der Waals surface area contributed by atoms with Crippen molar-refractivity contribution in [1.29, 1.82) is 0 Å². The highest BCUT2D eigenvalue weighted by atomic mass is 16.5. The summed E-state index contributed by atoms with van der Waals surface area (Å²) in [6.45, 7) is 3.05. The van der Waals surface area contributed by atoms with E-state index in [4.69, 9.17) is 10.5 Å². The van der Waals surface area contributed by atoms with Crippen molar-refractivity contribution in [2.45, 2.75) is 39.0 Å². The molecule has 2 rings (SSSR count). The number of hydrogen-bond donors (Lipinski definition) is 2. The molecule has 0 atom stereocenters. The Hall–Kier alpha value is -1.71. The maximum atomic E-state index is 11.8. The van der Waals surface area contributed by atoms with E-state index in [9.17, 15) is 4.79 Å². The highest BCUT2D eigenvalue weighted by Crippen LogP contribution is 2.28. The average Bonchev–Trinajstić information content (AvgIpc) is 2.94. The molecular formula is C16H24N2O2. The van der Waals surface area contributed by atoms with Crippen LogP contribution in [0.15, 0.2) is 18.2 Å². The summed E-state index contributed by atoms with van der Waals surface area (Å²) in [5.74, 6) is 0.487. The first-order valence-electron chi connectivity index (χ1n) is 7.52. The Morgan fingerprint density at radius 1 is 1.40 bits per heavy atom. The fraction of sp³-hybridized carbons (Fsp3) is 0.562. The number of rotatable bonds is 6. The zero-order valence-corrected chi connectivity index (χ0v) is 12.2. The van der Waals surface area contributed by atoms with Gasteiger partial charge in [0.1, 0.15) is 0 Å². The molecule has 4 heteroatoms. The number of nitrogen functional groups attached to an aromatic ring is 1. The summed E-state index contributed by atoms with van der Waals surface area (Å²) in [7, 11) is 0. The first kappa shape index (κ1) is 14.7. The van der Waals surface area contributed by atoms with Gasteiger partial charge < -0.3 is 15.8 Å².